The highest BCUT2D eigenvalue weighted by atomic mass is 16.6. The Balaban J connectivity index is 0.000000153. The Labute approximate surface area is 842 Å². The van der Waals surface area contributed by atoms with E-state index in [4.69, 9.17) is 70.4 Å². The van der Waals surface area contributed by atoms with Crippen LogP contribution in [0.5, 0.6) is 46.0 Å². The monoisotopic (exact) mass is 1980 g/mol. The number of hydrogen-bond acceptors (Lipinski definition) is 26. The van der Waals surface area contributed by atoms with E-state index in [9.17, 15) is 54.5 Å². The lowest BCUT2D eigenvalue weighted by Gasteiger charge is -2.26. The van der Waals surface area contributed by atoms with Crippen molar-refractivity contribution < 1.29 is 120 Å². The number of aromatic nitrogens is 5. The molecule has 5 atom stereocenters. The van der Waals surface area contributed by atoms with Crippen molar-refractivity contribution in [3.63, 3.8) is 0 Å². The summed E-state index contributed by atoms with van der Waals surface area (Å²) in [5.74, 6) is 2.96. The second-order valence-electron chi connectivity index (χ2n) is 34.9. The van der Waals surface area contributed by atoms with E-state index in [0.717, 1.165) is 104 Å². The first-order valence-corrected chi connectivity index (χ1v) is 47.3. The molecular formula is C114H112N6O26. The molecule has 17 rings (SSSR count). The third kappa shape index (κ3) is 30.8. The highest BCUT2D eigenvalue weighted by molar-refractivity contribution is 5.80. The van der Waals surface area contributed by atoms with Gasteiger partial charge in [0.25, 0.3) is 5.69 Å². The average molecular weight is 1980 g/mol. The molecule has 0 aliphatic carbocycles. The summed E-state index contributed by atoms with van der Waals surface area (Å²) in [6.07, 6.45) is 5.25. The number of non-ortho nitro benzene ring substituents is 1. The molecule has 1 aliphatic rings. The number of hydrogen-bond donors (Lipinski definition) is 5. The van der Waals surface area contributed by atoms with Crippen molar-refractivity contribution in [2.24, 2.45) is 5.92 Å². The molecule has 1 fully saturated rings. The Morgan fingerprint density at radius 1 is 0.397 bits per heavy atom. The summed E-state index contributed by atoms with van der Waals surface area (Å²) < 4.78 is 78.0. The summed E-state index contributed by atoms with van der Waals surface area (Å²) >= 11 is 0. The summed E-state index contributed by atoms with van der Waals surface area (Å²) in [5.41, 5.74) is 7.19. The van der Waals surface area contributed by atoms with Crippen LogP contribution in [0.3, 0.4) is 0 Å². The number of aryl methyl sites for hydroxylation is 2. The number of ether oxygens (including phenoxy) is 9. The van der Waals surface area contributed by atoms with Gasteiger partial charge in [0.2, 0.25) is 16.8 Å². The quantitative estimate of drug-likeness (QED) is 0.0135. The minimum absolute atomic E-state index is 0.000772. The van der Waals surface area contributed by atoms with Gasteiger partial charge in [-0.25, -0.2) is 19.2 Å². The van der Waals surface area contributed by atoms with E-state index in [1.807, 2.05) is 213 Å². The van der Waals surface area contributed by atoms with Gasteiger partial charge in [-0.05, 0) is 198 Å². The van der Waals surface area contributed by atoms with Gasteiger partial charge in [-0.1, -0.05) is 216 Å². The van der Waals surface area contributed by atoms with Gasteiger partial charge in [0, 0.05) is 103 Å². The van der Waals surface area contributed by atoms with Crippen LogP contribution in [0.4, 0.5) is 5.69 Å². The van der Waals surface area contributed by atoms with E-state index in [1.165, 1.54) is 19.1 Å². The number of nitro benzene ring substituents is 1. The van der Waals surface area contributed by atoms with Gasteiger partial charge in [0.1, 0.15) is 106 Å². The van der Waals surface area contributed by atoms with Crippen LogP contribution in [0.2, 0.25) is 0 Å². The maximum atomic E-state index is 11.9. The fourth-order valence-corrected chi connectivity index (χ4v) is 14.8. The summed E-state index contributed by atoms with van der Waals surface area (Å²) in [4.78, 5) is 67.4. The number of para-hydroxylation sites is 1. The van der Waals surface area contributed by atoms with E-state index < -0.39 is 63.1 Å². The zero-order valence-corrected chi connectivity index (χ0v) is 81.5. The fraction of sp³-hybridized carbons (Fsp3) is 0.246. The van der Waals surface area contributed by atoms with Crippen LogP contribution < -0.4 is 37.9 Å². The number of carbonyl (C=O) groups is 5. The molecule has 0 bridgehead atoms. The van der Waals surface area contributed by atoms with Crippen LogP contribution >= 0.6 is 0 Å². The molecule has 0 spiro atoms. The van der Waals surface area contributed by atoms with Gasteiger partial charge < -0.3 is 90.8 Å². The lowest BCUT2D eigenvalue weighted by Crippen LogP contribution is -2.43. The van der Waals surface area contributed by atoms with Crippen LogP contribution in [0.15, 0.2) is 344 Å². The van der Waals surface area contributed by atoms with Crippen molar-refractivity contribution in [3.8, 4) is 102 Å². The van der Waals surface area contributed by atoms with Crippen molar-refractivity contribution in [3.05, 3.63) is 383 Å². The van der Waals surface area contributed by atoms with Gasteiger partial charge in [-0.2, -0.15) is 0 Å². The molecule has 5 N–H and O–H groups in total. The number of nitrogens with zero attached hydrogens (tertiary/aromatic N) is 6. The number of rotatable bonds is 43. The predicted molar refractivity (Wildman–Crippen MR) is 540 cm³/mol. The first kappa shape index (κ1) is 106. The second kappa shape index (κ2) is 51.3. The van der Waals surface area contributed by atoms with E-state index in [2.05, 4.69) is 25.8 Å². The summed E-state index contributed by atoms with van der Waals surface area (Å²) in [6.45, 7) is 14.0. The van der Waals surface area contributed by atoms with E-state index in [-0.39, 0.29) is 31.9 Å². The second-order valence-corrected chi connectivity index (χ2v) is 34.9. The molecule has 1 aliphatic heterocycles. The SMILES string of the molecule is CC(Cc1ccc(OCc2cc(-c3ccccc3)no2)cc1)(Oc1ccccc1)C(=O)O.CCC(C)(Oc1ccc(OCCc2cc(-c3ccccc3)no2)cc1)C(=O)O.CCC(C)(Oc1ccc(OCc2cc(-c3ccc([N+](=O)[O-])cc3)no2)cc1)C(=O)O.Cc1cc(OCc2cc(-c3ccccc3)no2)ccc1CC(C)C(=O)O.O=C(O)C1(Cc2ccc(OCCCc3cc(-c4ccccc4)no3)cc2)CCCO1. The summed E-state index contributed by atoms with van der Waals surface area (Å²) in [6, 6.07) is 97.6. The average Bonchev–Trinajstić information content (AvgIpc) is 1.78. The first-order valence-electron chi connectivity index (χ1n) is 47.3. The Morgan fingerprint density at radius 2 is 0.740 bits per heavy atom. The molecule has 0 amide bonds. The molecule has 146 heavy (non-hydrogen) atoms. The third-order valence-corrected chi connectivity index (χ3v) is 23.8. The van der Waals surface area contributed by atoms with Crippen molar-refractivity contribution in [2.45, 2.75) is 155 Å². The number of aliphatic carboxylic acids is 5. The molecule has 16 aromatic rings. The number of carboxylic acid groups (broad SMARTS) is 5. The normalized spacial score (nSPS) is 13.8. The molecule has 11 aromatic carbocycles. The van der Waals surface area contributed by atoms with Gasteiger partial charge >= 0.3 is 29.8 Å². The van der Waals surface area contributed by atoms with E-state index >= 15 is 0 Å². The predicted octanol–water partition coefficient (Wildman–Crippen LogP) is 23.5. The Morgan fingerprint density at radius 3 is 1.12 bits per heavy atom. The summed E-state index contributed by atoms with van der Waals surface area (Å²) in [7, 11) is 0. The molecule has 6 heterocycles. The highest BCUT2D eigenvalue weighted by Gasteiger charge is 2.43. The van der Waals surface area contributed by atoms with E-state index in [1.54, 1.807) is 138 Å². The standard InChI is InChI=1S/C26H23NO5.C24H25NO5.C22H23NO5.C21H20N2O7.C21H21NO4/c1-26(25(28)29,31-22-10-6-3-7-11-22)17-19-12-14-21(15-13-19)30-18-23-16-24(27-32-23)20-8-4-2-5-9-20;26-23(27)24(13-5-15-29-24)17-18-9-11-20(12-10-18)28-14-4-8-21-16-22(25-30-21)19-6-2-1-3-7-19;1-3-22(2,21(24)25)27-18-11-9-17(10-12-18)26-14-13-19-15-20(23-28-19)16-7-5-4-6-8-16;1-3-21(2,20(24)25)29-17-10-8-16(9-11-17)28-13-18-12-19(22-30-18)14-4-6-15(7-5-14)23(26)27;1-14-11-18(9-8-17(14)10-15(2)21(23)24)25-13-19-12-20(22-26-19)16-6-4-3-5-7-16/h2-16H,17-18H2,1H3,(H,28,29);1-3,6-7,9-12,16H,4-5,8,13-15,17H2,(H,26,27);4-12,15H,3,13-14H2,1-2H3,(H,24,25);4-12H,3,13H2,1-2H3,(H,24,25);3-9,11-12,15H,10,13H2,1-2H3,(H,23,24). The number of nitro groups is 1. The Bertz CT molecular complexity index is 6840. The molecule has 754 valence electrons. The molecule has 0 radical (unpaired) electrons. The largest absolute Gasteiger partial charge is 0.494 e. The smallest absolute Gasteiger partial charge is 0.348 e. The molecule has 1 saturated heterocycles. The Kier molecular flexibility index (Phi) is 37.2. The van der Waals surface area contributed by atoms with Crippen molar-refractivity contribution in [1.82, 2.24) is 25.8 Å². The van der Waals surface area contributed by atoms with Gasteiger partial charge in [-0.3, -0.25) is 14.9 Å². The zero-order valence-electron chi connectivity index (χ0n) is 81.5. The molecule has 0 saturated carbocycles. The van der Waals surface area contributed by atoms with E-state index in [0.29, 0.717) is 127 Å². The Hall–Kier alpha value is -17.4. The van der Waals surface area contributed by atoms with Crippen molar-refractivity contribution in [2.75, 3.05) is 19.8 Å². The van der Waals surface area contributed by atoms with Gasteiger partial charge in [0.05, 0.1) is 24.1 Å². The molecule has 32 heteroatoms. The van der Waals surface area contributed by atoms with Crippen LogP contribution in [0.1, 0.15) is 125 Å². The summed E-state index contributed by atoms with van der Waals surface area (Å²) in [5, 5.41) is 77.9. The van der Waals surface area contributed by atoms with Crippen LogP contribution in [0.25, 0.3) is 56.3 Å². The third-order valence-electron chi connectivity index (χ3n) is 23.8. The maximum absolute atomic E-state index is 11.9. The molecule has 5 unspecified atom stereocenters. The molecule has 5 aromatic heterocycles. The highest BCUT2D eigenvalue weighted by Crippen LogP contribution is 2.35. The lowest BCUT2D eigenvalue weighted by molar-refractivity contribution is -0.384. The fourth-order valence-electron chi connectivity index (χ4n) is 14.8. The lowest BCUT2D eigenvalue weighted by atomic mass is 9.92. The minimum Gasteiger partial charge on any atom is -0.494 e. The number of benzene rings is 11. The topological polar surface area (TPSA) is 443 Å². The van der Waals surface area contributed by atoms with Crippen LogP contribution in [0, 0.1) is 23.0 Å². The maximum Gasteiger partial charge on any atom is 0.348 e. The van der Waals surface area contributed by atoms with Crippen molar-refractivity contribution in [1.29, 1.82) is 0 Å². The van der Waals surface area contributed by atoms with Crippen molar-refractivity contribution >= 4 is 35.5 Å². The minimum atomic E-state index is -1.39. The zero-order chi connectivity index (χ0) is 103. The van der Waals surface area contributed by atoms with Gasteiger partial charge in [-0.15, -0.1) is 0 Å². The molecule has 32 nitrogen and oxygen atoms in total. The first-order chi connectivity index (χ1) is 70.5. The number of carboxylic acids is 5. The van der Waals surface area contributed by atoms with Crippen LogP contribution in [-0.2, 0) is 80.6 Å². The molecular weight excluding hydrogens is 1870 g/mol. The van der Waals surface area contributed by atoms with Crippen LogP contribution in [-0.4, -0.2) is 128 Å². The van der Waals surface area contributed by atoms with Gasteiger partial charge in [0.15, 0.2) is 22.9 Å².